The molecule has 4 rings (SSSR count). The van der Waals surface area contributed by atoms with E-state index in [0.29, 0.717) is 16.9 Å². The fourth-order valence-electron chi connectivity index (χ4n) is 3.74. The average Bonchev–Trinajstić information content (AvgIpc) is 3.31. The molecule has 0 aliphatic carbocycles. The van der Waals surface area contributed by atoms with Gasteiger partial charge in [0, 0.05) is 30.0 Å². The first-order valence-corrected chi connectivity index (χ1v) is 9.50. The predicted molar refractivity (Wildman–Crippen MR) is 100 cm³/mol. The zero-order valence-corrected chi connectivity index (χ0v) is 16.4. The Morgan fingerprint density at radius 3 is 2.77 bits per heavy atom. The zero-order chi connectivity index (χ0) is 21.6. The summed E-state index contributed by atoms with van der Waals surface area (Å²) in [5.41, 5.74) is 0.778. The van der Waals surface area contributed by atoms with E-state index in [1.807, 2.05) is 0 Å². The number of carbonyl (C=O) groups is 2. The van der Waals surface area contributed by atoms with Crippen LogP contribution in [0.4, 0.5) is 0 Å². The number of ether oxygens (including phenoxy) is 3. The third kappa shape index (κ3) is 3.64. The van der Waals surface area contributed by atoms with Crippen molar-refractivity contribution in [1.29, 1.82) is 0 Å². The number of aromatic amines is 1. The number of H-pyrrole nitrogens is 1. The van der Waals surface area contributed by atoms with E-state index < -0.39 is 42.3 Å². The van der Waals surface area contributed by atoms with E-state index in [1.54, 1.807) is 13.0 Å². The minimum atomic E-state index is -1.67. The number of Topliss-reactive ketones (excluding diaryl/α,β-unsaturated/α-hetero) is 1. The number of benzene rings is 1. The highest BCUT2D eigenvalue weighted by Gasteiger charge is 2.46. The number of aromatic hydroxyl groups is 1. The van der Waals surface area contributed by atoms with Gasteiger partial charge >= 0.3 is 5.97 Å². The Bertz CT molecular complexity index is 987. The molecule has 0 radical (unpaired) electrons. The fraction of sp³-hybridized carbons (Fsp3) is 0.450. The molecule has 160 valence electrons. The molecule has 0 saturated carbocycles. The highest BCUT2D eigenvalue weighted by Crippen LogP contribution is 2.46. The van der Waals surface area contributed by atoms with Crippen LogP contribution in [0.5, 0.6) is 11.5 Å². The van der Waals surface area contributed by atoms with Gasteiger partial charge in [-0.3, -0.25) is 9.89 Å². The lowest BCUT2D eigenvalue weighted by molar-refractivity contribution is 0.0144. The molecule has 10 heteroatoms. The number of phenols is 1. The molecule has 2 aliphatic heterocycles. The van der Waals surface area contributed by atoms with E-state index in [-0.39, 0.29) is 29.8 Å². The van der Waals surface area contributed by atoms with E-state index in [9.17, 15) is 24.9 Å². The molecule has 0 unspecified atom stereocenters. The molecule has 5 atom stereocenters. The van der Waals surface area contributed by atoms with Crippen molar-refractivity contribution in [3.63, 3.8) is 0 Å². The maximum Gasteiger partial charge on any atom is 0.342 e. The van der Waals surface area contributed by atoms with Crippen LogP contribution in [0.3, 0.4) is 0 Å². The number of ketones is 1. The van der Waals surface area contributed by atoms with Gasteiger partial charge in [0.2, 0.25) is 5.78 Å². The molecule has 1 fully saturated rings. The van der Waals surface area contributed by atoms with Gasteiger partial charge < -0.3 is 29.5 Å². The summed E-state index contributed by atoms with van der Waals surface area (Å²) in [5.74, 6) is -1.45. The lowest BCUT2D eigenvalue weighted by Crippen LogP contribution is -2.36. The number of aliphatic hydroxyl groups excluding tert-OH is 2. The number of cyclic esters (lactones) is 1. The van der Waals surface area contributed by atoms with Crippen LogP contribution in [0.1, 0.15) is 51.4 Å². The van der Waals surface area contributed by atoms with Gasteiger partial charge in [-0.05, 0) is 13.0 Å². The number of epoxide rings is 1. The van der Waals surface area contributed by atoms with Gasteiger partial charge in [-0.2, -0.15) is 5.10 Å². The lowest BCUT2D eigenvalue weighted by Gasteiger charge is -2.19. The number of esters is 1. The standard InChI is InChI=1S/C20H22N2O8/c1-8-3-9-7-21-22-16(9)18(26)17(25)13(24)6-14-19(30-14)11-4-10(28-2)5-12(23)15(11)20(27)29-8/h4-5,7-8,13-14,17,19,23-25H,3,6H2,1-2H3,(H,21,22)/t8-,13-,14+,17-,19+/m0/s1. The van der Waals surface area contributed by atoms with Crippen LogP contribution >= 0.6 is 0 Å². The summed E-state index contributed by atoms with van der Waals surface area (Å²) in [5, 5.41) is 37.5. The van der Waals surface area contributed by atoms with E-state index in [0.717, 1.165) is 0 Å². The number of aliphatic hydroxyl groups is 2. The number of nitrogens with one attached hydrogen (secondary N) is 1. The second-order valence-corrected chi connectivity index (χ2v) is 7.51. The molecule has 3 heterocycles. The maximum absolute atomic E-state index is 12.8. The van der Waals surface area contributed by atoms with Crippen molar-refractivity contribution >= 4 is 11.8 Å². The fourth-order valence-corrected chi connectivity index (χ4v) is 3.74. The first-order valence-electron chi connectivity index (χ1n) is 9.50. The molecule has 30 heavy (non-hydrogen) atoms. The second kappa shape index (κ2) is 7.71. The number of phenolic OH excluding ortho intramolecular Hbond substituents is 1. The molecule has 1 aromatic carbocycles. The summed E-state index contributed by atoms with van der Waals surface area (Å²) in [6.07, 6.45) is -3.44. The van der Waals surface area contributed by atoms with E-state index in [1.165, 1.54) is 19.4 Å². The second-order valence-electron chi connectivity index (χ2n) is 7.51. The number of rotatable bonds is 1. The summed E-state index contributed by atoms with van der Waals surface area (Å²) in [6.45, 7) is 1.63. The minimum Gasteiger partial charge on any atom is -0.507 e. The van der Waals surface area contributed by atoms with Crippen molar-refractivity contribution in [2.75, 3.05) is 7.11 Å². The van der Waals surface area contributed by atoms with Crippen molar-refractivity contribution < 1.29 is 39.1 Å². The number of carbonyl (C=O) groups excluding carboxylic acids is 2. The van der Waals surface area contributed by atoms with Crippen molar-refractivity contribution in [3.8, 4) is 11.5 Å². The molecule has 4 N–H and O–H groups in total. The van der Waals surface area contributed by atoms with E-state index in [2.05, 4.69) is 10.2 Å². The van der Waals surface area contributed by atoms with Crippen LogP contribution in [0.15, 0.2) is 18.3 Å². The highest BCUT2D eigenvalue weighted by molar-refractivity contribution is 5.99. The Kier molecular flexibility index (Phi) is 5.22. The molecular weight excluding hydrogens is 396 g/mol. The largest absolute Gasteiger partial charge is 0.507 e. The number of hydrogen-bond donors (Lipinski definition) is 4. The van der Waals surface area contributed by atoms with E-state index >= 15 is 0 Å². The molecule has 2 aromatic rings. The zero-order valence-electron chi connectivity index (χ0n) is 16.4. The van der Waals surface area contributed by atoms with Crippen LogP contribution in [0.2, 0.25) is 0 Å². The minimum absolute atomic E-state index is 0.0442. The predicted octanol–water partition coefficient (Wildman–Crippen LogP) is 0.660. The number of aromatic nitrogens is 2. The molecular formula is C20H22N2O8. The number of fused-ring (bicyclic) bond motifs is 4. The number of nitrogens with zero attached hydrogens (tertiary/aromatic N) is 1. The average molecular weight is 418 g/mol. The quantitative estimate of drug-likeness (QED) is 0.386. The summed E-state index contributed by atoms with van der Waals surface area (Å²) in [6, 6.07) is 2.86. The highest BCUT2D eigenvalue weighted by atomic mass is 16.6. The molecule has 10 nitrogen and oxygen atoms in total. The van der Waals surface area contributed by atoms with Crippen molar-refractivity contribution in [2.45, 2.75) is 50.3 Å². The Morgan fingerprint density at radius 2 is 2.03 bits per heavy atom. The third-order valence-corrected chi connectivity index (χ3v) is 5.34. The normalized spacial score (nSPS) is 29.1. The van der Waals surface area contributed by atoms with Crippen molar-refractivity contribution in [1.82, 2.24) is 10.2 Å². The lowest BCUT2D eigenvalue weighted by atomic mass is 9.95. The molecule has 0 amide bonds. The monoisotopic (exact) mass is 418 g/mol. The van der Waals surface area contributed by atoms with Crippen molar-refractivity contribution in [2.24, 2.45) is 0 Å². The van der Waals surface area contributed by atoms with Crippen molar-refractivity contribution in [3.05, 3.63) is 40.7 Å². The van der Waals surface area contributed by atoms with Gasteiger partial charge in [0.15, 0.2) is 0 Å². The van der Waals surface area contributed by atoms with Gasteiger partial charge in [0.1, 0.15) is 41.1 Å². The SMILES string of the molecule is COc1cc(O)c2c(c1)[C@H]1O[C@@H]1C[C@H](O)[C@H](O)C(=O)c1[nH]ncc1C[C@H](C)OC2=O. The number of hydrogen-bond acceptors (Lipinski definition) is 9. The first-order chi connectivity index (χ1) is 14.3. The molecule has 1 saturated heterocycles. The summed E-state index contributed by atoms with van der Waals surface area (Å²) < 4.78 is 16.2. The van der Waals surface area contributed by atoms with Gasteiger partial charge in [-0.1, -0.05) is 0 Å². The molecule has 0 bridgehead atoms. The summed E-state index contributed by atoms with van der Waals surface area (Å²) >= 11 is 0. The van der Waals surface area contributed by atoms with Crippen LogP contribution in [0, 0.1) is 0 Å². The van der Waals surface area contributed by atoms with E-state index in [4.69, 9.17) is 14.2 Å². The van der Waals surface area contributed by atoms with Crippen LogP contribution in [0.25, 0.3) is 0 Å². The first kappa shape index (κ1) is 20.3. The molecule has 2 aliphatic rings. The van der Waals surface area contributed by atoms with Gasteiger partial charge in [0.05, 0.1) is 25.5 Å². The van der Waals surface area contributed by atoms with Crippen LogP contribution < -0.4 is 4.74 Å². The summed E-state index contributed by atoms with van der Waals surface area (Å²) in [4.78, 5) is 25.5. The van der Waals surface area contributed by atoms with Crippen LogP contribution in [-0.4, -0.2) is 68.8 Å². The Hall–Kier alpha value is -2.95. The molecule has 1 aromatic heterocycles. The van der Waals surface area contributed by atoms with Gasteiger partial charge in [0.25, 0.3) is 0 Å². The smallest absolute Gasteiger partial charge is 0.342 e. The Morgan fingerprint density at radius 1 is 1.27 bits per heavy atom. The number of methoxy groups -OCH3 is 1. The maximum atomic E-state index is 12.8. The van der Waals surface area contributed by atoms with Gasteiger partial charge in [-0.15, -0.1) is 0 Å². The summed E-state index contributed by atoms with van der Waals surface area (Å²) in [7, 11) is 1.42. The Balaban J connectivity index is 1.74. The Labute approximate surface area is 171 Å². The molecule has 0 spiro atoms. The van der Waals surface area contributed by atoms with Crippen LogP contribution in [-0.2, 0) is 15.9 Å². The topological polar surface area (TPSA) is 154 Å². The third-order valence-electron chi connectivity index (χ3n) is 5.34. The van der Waals surface area contributed by atoms with Gasteiger partial charge in [-0.25, -0.2) is 4.79 Å².